The van der Waals surface area contributed by atoms with E-state index in [-0.39, 0.29) is 5.69 Å². The molecule has 0 amide bonds. The first-order valence-electron chi connectivity index (χ1n) is 7.90. The van der Waals surface area contributed by atoms with E-state index < -0.39 is 4.92 Å². The molecule has 0 spiro atoms. The number of likely N-dealkylation sites (N-methyl/N-ethyl adjacent to an activating group) is 1. The van der Waals surface area contributed by atoms with E-state index in [0.717, 1.165) is 24.2 Å². The van der Waals surface area contributed by atoms with Gasteiger partial charge in [0.2, 0.25) is 0 Å². The number of methoxy groups -OCH3 is 1. The fourth-order valence-electron chi connectivity index (χ4n) is 2.37. The van der Waals surface area contributed by atoms with Gasteiger partial charge in [-0.25, -0.2) is 0 Å². The molecule has 0 bridgehead atoms. The molecule has 126 valence electrons. The van der Waals surface area contributed by atoms with E-state index in [1.807, 2.05) is 12.2 Å². The Morgan fingerprint density at radius 1 is 1.04 bits per heavy atom. The van der Waals surface area contributed by atoms with E-state index in [1.54, 1.807) is 19.2 Å². The number of hydrogen-bond acceptors (Lipinski definition) is 4. The lowest BCUT2D eigenvalue weighted by atomic mass is 10.1. The van der Waals surface area contributed by atoms with Crippen molar-refractivity contribution in [2.45, 2.75) is 6.92 Å². The third-order valence-corrected chi connectivity index (χ3v) is 3.78. The van der Waals surface area contributed by atoms with Crippen LogP contribution in [0.1, 0.15) is 18.1 Å². The summed E-state index contributed by atoms with van der Waals surface area (Å²) in [4.78, 5) is 12.5. The maximum atomic E-state index is 10.6. The second kappa shape index (κ2) is 8.84. The summed E-state index contributed by atoms with van der Waals surface area (Å²) in [7, 11) is 1.71. The molecule has 0 aliphatic rings. The molecule has 0 aliphatic carbocycles. The first-order valence-corrected chi connectivity index (χ1v) is 7.90. The molecule has 2 aromatic rings. The van der Waals surface area contributed by atoms with Crippen LogP contribution in [0.15, 0.2) is 48.5 Å². The van der Waals surface area contributed by atoms with Gasteiger partial charge in [-0.3, -0.25) is 10.1 Å². The summed E-state index contributed by atoms with van der Waals surface area (Å²) in [6.07, 6.45) is 3.94. The number of ether oxygens (including phenoxy) is 1. The van der Waals surface area contributed by atoms with Crippen LogP contribution in [-0.4, -0.2) is 31.7 Å². The number of nitrogens with zero attached hydrogens (tertiary/aromatic N) is 2. The zero-order valence-electron chi connectivity index (χ0n) is 14.0. The SMILES string of the molecule is CCN(CCOC)c1ccc(C=Cc2ccc([N+](=O)[O-])cc2)cc1. The van der Waals surface area contributed by atoms with Gasteiger partial charge in [-0.2, -0.15) is 0 Å². The summed E-state index contributed by atoms with van der Waals surface area (Å²) < 4.78 is 5.14. The molecular weight excluding hydrogens is 304 g/mol. The summed E-state index contributed by atoms with van der Waals surface area (Å²) in [5.41, 5.74) is 3.29. The molecule has 5 heteroatoms. The minimum absolute atomic E-state index is 0.104. The fraction of sp³-hybridized carbons (Fsp3) is 0.263. The van der Waals surface area contributed by atoms with E-state index in [4.69, 9.17) is 4.74 Å². The third-order valence-electron chi connectivity index (χ3n) is 3.78. The lowest BCUT2D eigenvalue weighted by Crippen LogP contribution is -2.26. The Bertz CT molecular complexity index is 679. The zero-order valence-corrected chi connectivity index (χ0v) is 14.0. The van der Waals surface area contributed by atoms with Crippen LogP contribution < -0.4 is 4.90 Å². The van der Waals surface area contributed by atoms with E-state index in [0.29, 0.717) is 6.61 Å². The van der Waals surface area contributed by atoms with E-state index in [1.165, 1.54) is 17.8 Å². The molecule has 0 heterocycles. The van der Waals surface area contributed by atoms with Crippen LogP contribution in [0.5, 0.6) is 0 Å². The highest BCUT2D eigenvalue weighted by Crippen LogP contribution is 2.18. The van der Waals surface area contributed by atoms with Gasteiger partial charge in [0.05, 0.1) is 11.5 Å². The molecule has 0 radical (unpaired) electrons. The Morgan fingerprint density at radius 2 is 1.58 bits per heavy atom. The third kappa shape index (κ3) is 4.93. The van der Waals surface area contributed by atoms with Crippen molar-refractivity contribution in [3.8, 4) is 0 Å². The monoisotopic (exact) mass is 326 g/mol. The van der Waals surface area contributed by atoms with Crippen LogP contribution in [-0.2, 0) is 4.74 Å². The van der Waals surface area contributed by atoms with Crippen molar-refractivity contribution < 1.29 is 9.66 Å². The van der Waals surface area contributed by atoms with E-state index in [9.17, 15) is 10.1 Å². The predicted molar refractivity (Wildman–Crippen MR) is 98.2 cm³/mol. The van der Waals surface area contributed by atoms with Crippen LogP contribution in [0.4, 0.5) is 11.4 Å². The van der Waals surface area contributed by atoms with E-state index >= 15 is 0 Å². The average Bonchev–Trinajstić information content (AvgIpc) is 2.62. The minimum Gasteiger partial charge on any atom is -0.383 e. The second-order valence-electron chi connectivity index (χ2n) is 5.35. The van der Waals surface area contributed by atoms with Gasteiger partial charge >= 0.3 is 0 Å². The summed E-state index contributed by atoms with van der Waals surface area (Å²) in [5, 5.41) is 10.6. The fourth-order valence-corrected chi connectivity index (χ4v) is 2.37. The smallest absolute Gasteiger partial charge is 0.269 e. The molecule has 24 heavy (non-hydrogen) atoms. The molecule has 0 fully saturated rings. The molecule has 0 aliphatic heterocycles. The summed E-state index contributed by atoms with van der Waals surface area (Å²) >= 11 is 0. The number of rotatable bonds is 8. The van der Waals surface area contributed by atoms with Gasteiger partial charge in [-0.15, -0.1) is 0 Å². The highest BCUT2D eigenvalue weighted by molar-refractivity contribution is 5.71. The maximum absolute atomic E-state index is 10.6. The van der Waals surface area contributed by atoms with Crippen molar-refractivity contribution in [1.29, 1.82) is 0 Å². The molecular formula is C19H22N2O3. The van der Waals surface area contributed by atoms with Gasteiger partial charge in [0.15, 0.2) is 0 Å². The Balaban J connectivity index is 2.03. The maximum Gasteiger partial charge on any atom is 0.269 e. The standard InChI is InChI=1S/C19H22N2O3/c1-3-20(14-15-24-2)18-10-6-16(7-11-18)4-5-17-8-12-19(13-9-17)21(22)23/h4-13H,3,14-15H2,1-2H3. The van der Waals surface area contributed by atoms with Gasteiger partial charge < -0.3 is 9.64 Å². The molecule has 0 saturated heterocycles. The van der Waals surface area contributed by atoms with Crippen LogP contribution >= 0.6 is 0 Å². The predicted octanol–water partition coefficient (Wildman–Crippen LogP) is 4.24. The zero-order chi connectivity index (χ0) is 17.4. The number of benzene rings is 2. The number of hydrogen-bond donors (Lipinski definition) is 0. The molecule has 0 atom stereocenters. The lowest BCUT2D eigenvalue weighted by Gasteiger charge is -2.22. The van der Waals surface area contributed by atoms with Crippen molar-refractivity contribution >= 4 is 23.5 Å². The minimum atomic E-state index is -0.394. The number of nitro benzene ring substituents is 1. The van der Waals surface area contributed by atoms with Crippen molar-refractivity contribution in [1.82, 2.24) is 0 Å². The number of anilines is 1. The van der Waals surface area contributed by atoms with Gasteiger partial charge in [0, 0.05) is 38.0 Å². The van der Waals surface area contributed by atoms with Gasteiger partial charge in [0.25, 0.3) is 5.69 Å². The topological polar surface area (TPSA) is 55.6 Å². The van der Waals surface area contributed by atoms with Crippen molar-refractivity contribution in [2.24, 2.45) is 0 Å². The second-order valence-corrected chi connectivity index (χ2v) is 5.35. The molecule has 5 nitrogen and oxygen atoms in total. The van der Waals surface area contributed by atoms with E-state index in [2.05, 4.69) is 36.1 Å². The van der Waals surface area contributed by atoms with Crippen LogP contribution in [0.25, 0.3) is 12.2 Å². The highest BCUT2D eigenvalue weighted by Gasteiger charge is 2.04. The summed E-state index contributed by atoms with van der Waals surface area (Å²) in [6.45, 7) is 4.63. The summed E-state index contributed by atoms with van der Waals surface area (Å²) in [6, 6.07) is 14.8. The van der Waals surface area contributed by atoms with Gasteiger partial charge in [-0.05, 0) is 42.3 Å². The normalized spacial score (nSPS) is 10.9. The Morgan fingerprint density at radius 3 is 2.04 bits per heavy atom. The molecule has 0 N–H and O–H groups in total. The molecule has 2 aromatic carbocycles. The van der Waals surface area contributed by atoms with Crippen LogP contribution in [0.2, 0.25) is 0 Å². The van der Waals surface area contributed by atoms with Gasteiger partial charge in [0.1, 0.15) is 0 Å². The Hall–Kier alpha value is -2.66. The average molecular weight is 326 g/mol. The number of non-ortho nitro benzene ring substituents is 1. The molecule has 0 aromatic heterocycles. The summed E-state index contributed by atoms with van der Waals surface area (Å²) in [5.74, 6) is 0. The lowest BCUT2D eigenvalue weighted by molar-refractivity contribution is -0.384. The van der Waals surface area contributed by atoms with Crippen molar-refractivity contribution in [3.05, 3.63) is 69.8 Å². The highest BCUT2D eigenvalue weighted by atomic mass is 16.6. The molecule has 0 unspecified atom stereocenters. The largest absolute Gasteiger partial charge is 0.383 e. The first-order chi connectivity index (χ1) is 11.6. The van der Waals surface area contributed by atoms with Crippen LogP contribution in [0.3, 0.4) is 0 Å². The van der Waals surface area contributed by atoms with Gasteiger partial charge in [-0.1, -0.05) is 24.3 Å². The first kappa shape index (κ1) is 17.7. The number of nitro groups is 1. The van der Waals surface area contributed by atoms with Crippen LogP contribution in [0, 0.1) is 10.1 Å². The molecule has 2 rings (SSSR count). The quantitative estimate of drug-likeness (QED) is 0.414. The molecule has 0 saturated carbocycles. The van der Waals surface area contributed by atoms with Crippen molar-refractivity contribution in [2.75, 3.05) is 31.7 Å². The van der Waals surface area contributed by atoms with Crippen molar-refractivity contribution in [3.63, 3.8) is 0 Å². The Kier molecular flexibility index (Phi) is 6.51. The Labute approximate surface area is 142 Å².